The largest absolute Gasteiger partial charge is 0.464 e. The molecule has 0 aromatic carbocycles. The highest BCUT2D eigenvalue weighted by atomic mass is 16.5. The minimum absolute atomic E-state index is 0.132. The Morgan fingerprint density at radius 1 is 1.25 bits per heavy atom. The molecule has 2 rings (SSSR count). The van der Waals surface area contributed by atoms with E-state index in [0.717, 1.165) is 5.69 Å². The topological polar surface area (TPSA) is 67.9 Å². The second-order valence-electron chi connectivity index (χ2n) is 5.43. The summed E-state index contributed by atoms with van der Waals surface area (Å²) in [5.74, 6) is -0.185. The maximum atomic E-state index is 11.5. The highest BCUT2D eigenvalue weighted by Crippen LogP contribution is 2.73. The number of esters is 1. The van der Waals surface area contributed by atoms with Crippen molar-refractivity contribution in [1.29, 1.82) is 0 Å². The van der Waals surface area contributed by atoms with E-state index >= 15 is 0 Å². The molecule has 1 aliphatic rings. The van der Waals surface area contributed by atoms with Crippen LogP contribution in [0.1, 0.15) is 49.8 Å². The summed E-state index contributed by atoms with van der Waals surface area (Å²) in [6.45, 7) is 8.70. The quantitative estimate of drug-likeness (QED) is 0.775. The van der Waals surface area contributed by atoms with Crippen LogP contribution in [0, 0.1) is 10.8 Å². The van der Waals surface area contributed by atoms with Gasteiger partial charge in [0.05, 0.1) is 7.11 Å². The molecule has 5 nitrogen and oxygen atoms in total. The third-order valence-corrected chi connectivity index (χ3v) is 4.25. The molecule has 0 spiro atoms. The predicted octanol–water partition coefficient (Wildman–Crippen LogP) is 1.74. The van der Waals surface area contributed by atoms with Gasteiger partial charge < -0.3 is 4.74 Å². The van der Waals surface area contributed by atoms with Gasteiger partial charge in [-0.2, -0.15) is 10.3 Å². The van der Waals surface area contributed by atoms with Crippen LogP contribution in [0.5, 0.6) is 0 Å². The maximum Gasteiger partial charge on any atom is 0.360 e. The molecule has 0 bridgehead atoms. The zero-order valence-electron chi connectivity index (χ0n) is 10.3. The Labute approximate surface area is 94.6 Å². The molecule has 16 heavy (non-hydrogen) atoms. The van der Waals surface area contributed by atoms with Gasteiger partial charge in [0.25, 0.3) is 0 Å². The van der Waals surface area contributed by atoms with Gasteiger partial charge in [-0.05, 0) is 10.8 Å². The third kappa shape index (κ3) is 1.20. The zero-order valence-corrected chi connectivity index (χ0v) is 10.3. The molecule has 1 aliphatic carbocycles. The van der Waals surface area contributed by atoms with Gasteiger partial charge in [-0.1, -0.05) is 27.7 Å². The van der Waals surface area contributed by atoms with Gasteiger partial charge in [0.15, 0.2) is 5.69 Å². The number of aromatic amines is 1. The fraction of sp³-hybridized carbons (Fsp3) is 0.727. The Hall–Kier alpha value is -1.39. The van der Waals surface area contributed by atoms with Crippen molar-refractivity contribution in [3.05, 3.63) is 11.4 Å². The minimum atomic E-state index is -0.428. The number of nitrogens with zero attached hydrogens (tertiary/aromatic N) is 2. The van der Waals surface area contributed by atoms with Crippen LogP contribution in [0.25, 0.3) is 0 Å². The van der Waals surface area contributed by atoms with Crippen molar-refractivity contribution in [3.63, 3.8) is 0 Å². The molecule has 0 radical (unpaired) electrons. The van der Waals surface area contributed by atoms with Crippen molar-refractivity contribution in [1.82, 2.24) is 15.4 Å². The first-order valence-corrected chi connectivity index (χ1v) is 5.33. The molecule has 5 heteroatoms. The second kappa shape index (κ2) is 3.06. The van der Waals surface area contributed by atoms with Crippen molar-refractivity contribution in [2.24, 2.45) is 10.8 Å². The van der Waals surface area contributed by atoms with Gasteiger partial charge >= 0.3 is 5.97 Å². The fourth-order valence-electron chi connectivity index (χ4n) is 2.57. The summed E-state index contributed by atoms with van der Waals surface area (Å²) < 4.78 is 4.69. The summed E-state index contributed by atoms with van der Waals surface area (Å²) in [4.78, 5) is 11.5. The fourth-order valence-corrected chi connectivity index (χ4v) is 2.57. The summed E-state index contributed by atoms with van der Waals surface area (Å²) in [5, 5.41) is 10.5. The molecule has 1 aromatic rings. The number of carbonyl (C=O) groups excluding carboxylic acids is 1. The minimum Gasteiger partial charge on any atom is -0.464 e. The first-order valence-electron chi connectivity index (χ1n) is 5.33. The van der Waals surface area contributed by atoms with Gasteiger partial charge in [-0.25, -0.2) is 4.79 Å². The van der Waals surface area contributed by atoms with Crippen LogP contribution in [-0.4, -0.2) is 28.5 Å². The van der Waals surface area contributed by atoms with E-state index in [1.54, 1.807) is 0 Å². The summed E-state index contributed by atoms with van der Waals surface area (Å²) in [5.41, 5.74) is 1.30. The number of H-pyrrole nitrogens is 1. The van der Waals surface area contributed by atoms with E-state index in [1.807, 2.05) is 0 Å². The summed E-state index contributed by atoms with van der Waals surface area (Å²) in [7, 11) is 1.35. The molecule has 0 saturated heterocycles. The van der Waals surface area contributed by atoms with Crippen molar-refractivity contribution in [2.45, 2.75) is 33.6 Å². The van der Waals surface area contributed by atoms with Crippen molar-refractivity contribution < 1.29 is 9.53 Å². The number of hydrogen-bond donors (Lipinski definition) is 1. The second-order valence-corrected chi connectivity index (χ2v) is 5.43. The number of hydrogen-bond acceptors (Lipinski definition) is 4. The molecule has 0 aliphatic heterocycles. The third-order valence-electron chi connectivity index (χ3n) is 4.25. The monoisotopic (exact) mass is 223 g/mol. The van der Waals surface area contributed by atoms with E-state index in [9.17, 15) is 4.79 Å². The number of carbonyl (C=O) groups is 1. The molecule has 0 atom stereocenters. The van der Waals surface area contributed by atoms with Gasteiger partial charge in [-0.3, -0.25) is 0 Å². The highest BCUT2D eigenvalue weighted by Gasteiger charge is 2.67. The van der Waals surface area contributed by atoms with Gasteiger partial charge in [-0.15, -0.1) is 5.10 Å². The number of methoxy groups -OCH3 is 1. The molecule has 88 valence electrons. The summed E-state index contributed by atoms with van der Waals surface area (Å²) >= 11 is 0. The van der Waals surface area contributed by atoms with Crippen molar-refractivity contribution in [3.8, 4) is 0 Å². The zero-order chi connectivity index (χ0) is 12.1. The van der Waals surface area contributed by atoms with Crippen LogP contribution >= 0.6 is 0 Å². The Morgan fingerprint density at radius 3 is 2.25 bits per heavy atom. The predicted molar refractivity (Wildman–Crippen MR) is 58.0 cm³/mol. The first kappa shape index (κ1) is 11.1. The Kier molecular flexibility index (Phi) is 2.12. The van der Waals surface area contributed by atoms with E-state index < -0.39 is 5.97 Å². The lowest BCUT2D eigenvalue weighted by molar-refractivity contribution is 0.0592. The smallest absolute Gasteiger partial charge is 0.360 e. The van der Waals surface area contributed by atoms with E-state index in [-0.39, 0.29) is 16.7 Å². The Bertz CT molecular complexity index is 420. The number of ether oxygens (including phenoxy) is 1. The van der Waals surface area contributed by atoms with Gasteiger partial charge in [0.2, 0.25) is 0 Å². The molecular formula is C11H17N3O2. The molecule has 1 heterocycles. The van der Waals surface area contributed by atoms with Gasteiger partial charge in [0.1, 0.15) is 5.69 Å². The van der Waals surface area contributed by atoms with Gasteiger partial charge in [0, 0.05) is 5.92 Å². The number of rotatable bonds is 2. The number of nitrogens with one attached hydrogen (secondary N) is 1. The normalized spacial score (nSPS) is 21.8. The van der Waals surface area contributed by atoms with E-state index in [2.05, 4.69) is 47.8 Å². The summed E-state index contributed by atoms with van der Waals surface area (Å²) in [6.07, 6.45) is 0. The Morgan fingerprint density at radius 2 is 1.81 bits per heavy atom. The highest BCUT2D eigenvalue weighted by molar-refractivity contribution is 5.88. The molecular weight excluding hydrogens is 206 g/mol. The lowest BCUT2D eigenvalue weighted by Gasteiger charge is -2.03. The standard InChI is InChI=1S/C11H17N3O2/c1-10(2)8(11(10,3)4)6-7(9(15)16-5)13-14-12-6/h8H,1-5H3,(H,12,13,14). The Balaban J connectivity index is 2.38. The van der Waals surface area contributed by atoms with Crippen molar-refractivity contribution >= 4 is 5.97 Å². The lowest BCUT2D eigenvalue weighted by atomic mass is 10.0. The SMILES string of the molecule is COC(=O)c1n[nH]nc1C1C(C)(C)C1(C)C. The molecule has 0 unspecified atom stereocenters. The van der Waals surface area contributed by atoms with Crippen LogP contribution in [0.15, 0.2) is 0 Å². The lowest BCUT2D eigenvalue weighted by Crippen LogP contribution is -2.06. The molecule has 1 saturated carbocycles. The molecule has 0 amide bonds. The number of aromatic nitrogens is 3. The van der Waals surface area contributed by atoms with Crippen LogP contribution in [0.3, 0.4) is 0 Å². The van der Waals surface area contributed by atoms with E-state index in [4.69, 9.17) is 0 Å². The summed E-state index contributed by atoms with van der Waals surface area (Å²) in [6, 6.07) is 0. The van der Waals surface area contributed by atoms with E-state index in [0.29, 0.717) is 5.69 Å². The van der Waals surface area contributed by atoms with Crippen LogP contribution in [-0.2, 0) is 4.74 Å². The average Bonchev–Trinajstić information content (AvgIpc) is 2.60. The molecule has 1 fully saturated rings. The van der Waals surface area contributed by atoms with Crippen LogP contribution < -0.4 is 0 Å². The molecule has 1 aromatic heterocycles. The van der Waals surface area contributed by atoms with Crippen molar-refractivity contribution in [2.75, 3.05) is 7.11 Å². The first-order chi connectivity index (χ1) is 7.34. The van der Waals surface area contributed by atoms with Crippen LogP contribution in [0.2, 0.25) is 0 Å². The van der Waals surface area contributed by atoms with E-state index in [1.165, 1.54) is 7.11 Å². The average molecular weight is 223 g/mol. The molecule has 1 N–H and O–H groups in total. The maximum absolute atomic E-state index is 11.5. The van der Waals surface area contributed by atoms with Crippen LogP contribution in [0.4, 0.5) is 0 Å².